The lowest BCUT2D eigenvalue weighted by Crippen LogP contribution is -2.35. The van der Waals surface area contributed by atoms with Crippen LogP contribution in [0.25, 0.3) is 0 Å². The molecule has 1 aliphatic heterocycles. The normalized spacial score (nSPS) is 27.1. The largest absolute Gasteiger partial charge is 0.302 e. The Kier molecular flexibility index (Phi) is 5.42. The number of thioether (sulfide) groups is 2. The van der Waals surface area contributed by atoms with Crippen molar-refractivity contribution in [2.45, 2.75) is 44.4 Å². The number of rotatable bonds is 5. The average molecular weight is 231 g/mol. The summed E-state index contributed by atoms with van der Waals surface area (Å²) < 4.78 is 0.685. The summed E-state index contributed by atoms with van der Waals surface area (Å²) in [5.41, 5.74) is 1.49. The Labute approximate surface area is 96.5 Å². The van der Waals surface area contributed by atoms with Crippen LogP contribution in [0.2, 0.25) is 0 Å². The molecule has 0 spiro atoms. The van der Waals surface area contributed by atoms with Gasteiger partial charge in [0.25, 0.3) is 0 Å². The van der Waals surface area contributed by atoms with Crippen molar-refractivity contribution in [1.82, 2.24) is 5.32 Å². The van der Waals surface area contributed by atoms with Gasteiger partial charge in [-0.15, -0.1) is 23.5 Å². The lowest BCUT2D eigenvalue weighted by molar-refractivity contribution is 0.610. The zero-order valence-corrected chi connectivity index (χ0v) is 11.2. The molecule has 82 valence electrons. The average Bonchev–Trinajstić information content (AvgIpc) is 2.47. The van der Waals surface area contributed by atoms with Crippen LogP contribution in [-0.4, -0.2) is 28.2 Å². The molecular weight excluding hydrogens is 210 g/mol. The Morgan fingerprint density at radius 1 is 1.36 bits per heavy atom. The molecule has 0 aromatic heterocycles. The van der Waals surface area contributed by atoms with E-state index in [1.165, 1.54) is 17.1 Å². The van der Waals surface area contributed by atoms with Crippen LogP contribution in [0, 0.1) is 0 Å². The van der Waals surface area contributed by atoms with Gasteiger partial charge in [-0.05, 0) is 25.4 Å². The molecule has 0 aromatic rings. The van der Waals surface area contributed by atoms with Crippen molar-refractivity contribution in [3.05, 3.63) is 11.6 Å². The lowest BCUT2D eigenvalue weighted by atomic mass is 10.2. The minimum atomic E-state index is 0.567. The molecule has 1 heterocycles. The van der Waals surface area contributed by atoms with E-state index in [1.807, 2.05) is 0 Å². The number of hydrogen-bond donors (Lipinski definition) is 1. The van der Waals surface area contributed by atoms with Crippen LogP contribution in [0.15, 0.2) is 11.6 Å². The molecule has 3 heteroatoms. The quantitative estimate of drug-likeness (QED) is 0.577. The van der Waals surface area contributed by atoms with E-state index in [1.54, 1.807) is 0 Å². The van der Waals surface area contributed by atoms with Crippen LogP contribution in [0.3, 0.4) is 0 Å². The molecule has 0 fully saturated rings. The van der Waals surface area contributed by atoms with Crippen LogP contribution < -0.4 is 5.32 Å². The predicted octanol–water partition coefficient (Wildman–Crippen LogP) is 3.13. The zero-order valence-electron chi connectivity index (χ0n) is 9.54. The molecule has 1 rings (SSSR count). The molecule has 1 nitrogen and oxygen atoms in total. The fourth-order valence-electron chi connectivity index (χ4n) is 1.64. The van der Waals surface area contributed by atoms with Gasteiger partial charge in [-0.2, -0.15) is 0 Å². The first kappa shape index (κ1) is 12.5. The maximum absolute atomic E-state index is 3.64. The van der Waals surface area contributed by atoms with E-state index in [9.17, 15) is 0 Å². The summed E-state index contributed by atoms with van der Waals surface area (Å²) in [5.74, 6) is 2.41. The second-order valence-electron chi connectivity index (χ2n) is 3.60. The van der Waals surface area contributed by atoms with Gasteiger partial charge in [0.1, 0.15) is 0 Å². The fraction of sp³-hybridized carbons (Fsp3) is 0.818. The van der Waals surface area contributed by atoms with E-state index in [0.29, 0.717) is 16.7 Å². The van der Waals surface area contributed by atoms with Crippen LogP contribution >= 0.6 is 23.5 Å². The van der Waals surface area contributed by atoms with Crippen molar-refractivity contribution in [3.8, 4) is 0 Å². The highest BCUT2D eigenvalue weighted by Gasteiger charge is 2.26. The Balaban J connectivity index is 2.52. The van der Waals surface area contributed by atoms with Crippen LogP contribution in [0.4, 0.5) is 0 Å². The predicted molar refractivity (Wildman–Crippen MR) is 70.2 cm³/mol. The molecule has 0 bridgehead atoms. The van der Waals surface area contributed by atoms with E-state index < -0.39 is 0 Å². The van der Waals surface area contributed by atoms with E-state index in [2.05, 4.69) is 62.6 Å². The minimum absolute atomic E-state index is 0.567. The monoisotopic (exact) mass is 231 g/mol. The SMILES string of the molecule is CCSC(SCC)C1C=C(C)C(C)N1. The molecule has 0 radical (unpaired) electrons. The third kappa shape index (κ3) is 3.21. The van der Waals surface area contributed by atoms with Gasteiger partial charge in [-0.1, -0.05) is 25.5 Å². The first-order valence-corrected chi connectivity index (χ1v) is 7.46. The van der Waals surface area contributed by atoms with Gasteiger partial charge in [-0.25, -0.2) is 0 Å². The Morgan fingerprint density at radius 2 is 1.93 bits per heavy atom. The number of hydrogen-bond acceptors (Lipinski definition) is 3. The van der Waals surface area contributed by atoms with Crippen molar-refractivity contribution in [3.63, 3.8) is 0 Å². The Bertz CT molecular complexity index is 197. The Morgan fingerprint density at radius 3 is 2.29 bits per heavy atom. The van der Waals surface area contributed by atoms with Gasteiger partial charge in [0.15, 0.2) is 0 Å². The van der Waals surface area contributed by atoms with E-state index in [-0.39, 0.29) is 0 Å². The van der Waals surface area contributed by atoms with E-state index >= 15 is 0 Å². The molecule has 0 saturated carbocycles. The zero-order chi connectivity index (χ0) is 10.6. The van der Waals surface area contributed by atoms with Crippen molar-refractivity contribution < 1.29 is 0 Å². The molecule has 0 aliphatic carbocycles. The summed E-state index contributed by atoms with van der Waals surface area (Å²) in [4.78, 5) is 0. The van der Waals surface area contributed by atoms with Crippen LogP contribution in [0.1, 0.15) is 27.7 Å². The summed E-state index contributed by atoms with van der Waals surface area (Å²) in [7, 11) is 0. The summed E-state index contributed by atoms with van der Waals surface area (Å²) >= 11 is 4.12. The fourth-order valence-corrected chi connectivity index (χ4v) is 4.22. The molecular formula is C11H21NS2. The topological polar surface area (TPSA) is 12.0 Å². The second kappa shape index (κ2) is 6.09. The molecule has 2 unspecified atom stereocenters. The van der Waals surface area contributed by atoms with E-state index in [4.69, 9.17) is 0 Å². The highest BCUT2D eigenvalue weighted by molar-refractivity contribution is 8.17. The van der Waals surface area contributed by atoms with Crippen molar-refractivity contribution in [1.29, 1.82) is 0 Å². The minimum Gasteiger partial charge on any atom is -0.302 e. The van der Waals surface area contributed by atoms with Crippen molar-refractivity contribution in [2.75, 3.05) is 11.5 Å². The van der Waals surface area contributed by atoms with Gasteiger partial charge < -0.3 is 5.32 Å². The molecule has 2 atom stereocenters. The molecule has 0 aromatic carbocycles. The maximum Gasteiger partial charge on any atom is 0.0691 e. The third-order valence-electron chi connectivity index (χ3n) is 2.52. The van der Waals surface area contributed by atoms with E-state index in [0.717, 1.165) is 0 Å². The Hall–Kier alpha value is 0.400. The molecule has 0 amide bonds. The summed E-state index contributed by atoms with van der Waals surface area (Å²) in [6.45, 7) is 8.95. The maximum atomic E-state index is 3.64. The second-order valence-corrected chi connectivity index (χ2v) is 6.74. The summed E-state index contributed by atoms with van der Waals surface area (Å²) in [6, 6.07) is 1.14. The summed E-state index contributed by atoms with van der Waals surface area (Å²) in [6.07, 6.45) is 2.40. The first-order valence-electron chi connectivity index (χ1n) is 5.36. The van der Waals surface area contributed by atoms with Crippen LogP contribution in [0.5, 0.6) is 0 Å². The van der Waals surface area contributed by atoms with Gasteiger partial charge in [0.05, 0.1) is 4.58 Å². The van der Waals surface area contributed by atoms with Crippen LogP contribution in [-0.2, 0) is 0 Å². The highest BCUT2D eigenvalue weighted by atomic mass is 32.2. The van der Waals surface area contributed by atoms with Gasteiger partial charge in [0, 0.05) is 12.1 Å². The number of nitrogens with one attached hydrogen (secondary N) is 1. The molecule has 14 heavy (non-hydrogen) atoms. The third-order valence-corrected chi connectivity index (χ3v) is 5.25. The standard InChI is InChI=1S/C11H21NS2/c1-5-13-11(14-6-2)10-7-8(3)9(4)12-10/h7,9-12H,5-6H2,1-4H3. The molecule has 1 aliphatic rings. The summed E-state index contributed by atoms with van der Waals surface area (Å²) in [5, 5.41) is 3.64. The lowest BCUT2D eigenvalue weighted by Gasteiger charge is -2.22. The van der Waals surface area contributed by atoms with Gasteiger partial charge in [-0.3, -0.25) is 0 Å². The van der Waals surface area contributed by atoms with Crippen molar-refractivity contribution >= 4 is 23.5 Å². The smallest absolute Gasteiger partial charge is 0.0691 e. The van der Waals surface area contributed by atoms with Gasteiger partial charge in [0.2, 0.25) is 0 Å². The van der Waals surface area contributed by atoms with Crippen molar-refractivity contribution in [2.24, 2.45) is 0 Å². The first-order chi connectivity index (χ1) is 6.69. The molecule has 0 saturated heterocycles. The highest BCUT2D eigenvalue weighted by Crippen LogP contribution is 2.30. The van der Waals surface area contributed by atoms with Gasteiger partial charge >= 0.3 is 0 Å². The molecule has 1 N–H and O–H groups in total.